The number of nitrogens with one attached hydrogen (secondary N) is 1. The van der Waals surface area contributed by atoms with Gasteiger partial charge in [0.05, 0.1) is 6.61 Å². The molecule has 3 rings (SSSR count). The monoisotopic (exact) mass is 398 g/mol. The topological polar surface area (TPSA) is 43.4 Å². The summed E-state index contributed by atoms with van der Waals surface area (Å²) in [5.74, 6) is 1.59. The van der Waals surface area contributed by atoms with Crippen LogP contribution in [0.15, 0.2) is 67.0 Å². The van der Waals surface area contributed by atoms with Crippen LogP contribution in [0, 0.1) is 6.92 Å². The lowest BCUT2D eigenvalue weighted by Gasteiger charge is -2.16. The summed E-state index contributed by atoms with van der Waals surface area (Å²) < 4.78 is 12.0. The van der Waals surface area contributed by atoms with Crippen LogP contribution in [0.5, 0.6) is 11.5 Å². The zero-order chi connectivity index (χ0) is 18.9. The highest BCUT2D eigenvalue weighted by Gasteiger charge is 2.11. The summed E-state index contributed by atoms with van der Waals surface area (Å²) in [5.41, 5.74) is 4.62. The van der Waals surface area contributed by atoms with E-state index in [9.17, 15) is 0 Å². The Morgan fingerprint density at radius 2 is 1.71 bits per heavy atom. The van der Waals surface area contributed by atoms with E-state index >= 15 is 0 Å². The first-order valence-corrected chi connectivity index (χ1v) is 9.29. The minimum absolute atomic E-state index is 0. The fraction of sp³-hybridized carbons (Fsp3) is 0.261. The predicted molar refractivity (Wildman–Crippen MR) is 115 cm³/mol. The number of hydrogen-bond acceptors (Lipinski definition) is 4. The Morgan fingerprint density at radius 3 is 2.43 bits per heavy atom. The number of aromatic nitrogens is 1. The van der Waals surface area contributed by atoms with E-state index in [1.165, 1.54) is 5.56 Å². The van der Waals surface area contributed by atoms with Crippen LogP contribution < -0.4 is 14.8 Å². The summed E-state index contributed by atoms with van der Waals surface area (Å²) >= 11 is 0. The highest BCUT2D eigenvalue weighted by atomic mass is 35.5. The Bertz CT molecular complexity index is 839. The van der Waals surface area contributed by atoms with Crippen LogP contribution >= 0.6 is 12.4 Å². The van der Waals surface area contributed by atoms with Gasteiger partial charge in [-0.3, -0.25) is 4.98 Å². The number of aryl methyl sites for hydroxylation is 1. The van der Waals surface area contributed by atoms with Gasteiger partial charge in [-0.05, 0) is 37.1 Å². The van der Waals surface area contributed by atoms with Crippen molar-refractivity contribution in [2.24, 2.45) is 0 Å². The molecule has 1 heterocycles. The van der Waals surface area contributed by atoms with Crippen molar-refractivity contribution in [2.75, 3.05) is 6.61 Å². The average Bonchev–Trinajstić information content (AvgIpc) is 2.70. The molecular formula is C23H27ClN2O2. The molecule has 0 radical (unpaired) electrons. The maximum atomic E-state index is 6.17. The molecule has 0 bridgehead atoms. The van der Waals surface area contributed by atoms with Crippen molar-refractivity contribution in [2.45, 2.75) is 33.5 Å². The van der Waals surface area contributed by atoms with Gasteiger partial charge in [-0.2, -0.15) is 0 Å². The Hall–Kier alpha value is -2.56. The van der Waals surface area contributed by atoms with E-state index in [0.29, 0.717) is 19.8 Å². The molecule has 0 aliphatic rings. The minimum atomic E-state index is 0. The van der Waals surface area contributed by atoms with E-state index in [2.05, 4.69) is 53.6 Å². The van der Waals surface area contributed by atoms with Crippen LogP contribution in [-0.4, -0.2) is 11.6 Å². The normalized spacial score (nSPS) is 10.2. The molecule has 0 amide bonds. The molecule has 0 aliphatic carbocycles. The Labute approximate surface area is 173 Å². The van der Waals surface area contributed by atoms with Gasteiger partial charge in [-0.25, -0.2) is 0 Å². The smallest absolute Gasteiger partial charge is 0.166 e. The van der Waals surface area contributed by atoms with Crippen LogP contribution in [0.1, 0.15) is 29.2 Å². The van der Waals surface area contributed by atoms with E-state index in [1.807, 2.05) is 31.3 Å². The van der Waals surface area contributed by atoms with Crippen LogP contribution in [0.2, 0.25) is 0 Å². The Kier molecular flexibility index (Phi) is 8.79. The molecule has 1 aromatic heterocycles. The standard InChI is InChI=1S/C23H26N2O2.ClH/c1-3-26-22-8-4-7-21(16-25-15-20-6-5-13-24-14-20)23(22)27-17-19-11-9-18(2)10-12-19;/h4-14,25H,3,15-17H2,1-2H3;1H. The third-order valence-corrected chi connectivity index (χ3v) is 4.23. The lowest BCUT2D eigenvalue weighted by molar-refractivity contribution is 0.266. The van der Waals surface area contributed by atoms with E-state index in [-0.39, 0.29) is 12.4 Å². The molecule has 2 aromatic carbocycles. The number of halogens is 1. The molecule has 0 atom stereocenters. The van der Waals surface area contributed by atoms with Gasteiger partial charge < -0.3 is 14.8 Å². The molecule has 5 heteroatoms. The first-order chi connectivity index (χ1) is 13.3. The first-order valence-electron chi connectivity index (χ1n) is 9.29. The van der Waals surface area contributed by atoms with Crippen LogP contribution in [0.3, 0.4) is 0 Å². The van der Waals surface area contributed by atoms with Gasteiger partial charge >= 0.3 is 0 Å². The van der Waals surface area contributed by atoms with Gasteiger partial charge in [0.2, 0.25) is 0 Å². The van der Waals surface area contributed by atoms with Gasteiger partial charge in [0.1, 0.15) is 6.61 Å². The van der Waals surface area contributed by atoms with Gasteiger partial charge in [-0.15, -0.1) is 12.4 Å². The summed E-state index contributed by atoms with van der Waals surface area (Å²) in [4.78, 5) is 4.15. The number of nitrogens with zero attached hydrogens (tertiary/aromatic N) is 1. The fourth-order valence-electron chi connectivity index (χ4n) is 2.82. The van der Waals surface area contributed by atoms with Crippen molar-refractivity contribution >= 4 is 12.4 Å². The maximum Gasteiger partial charge on any atom is 0.166 e. The quantitative estimate of drug-likeness (QED) is 0.545. The SMILES string of the molecule is CCOc1cccc(CNCc2cccnc2)c1OCc1ccc(C)cc1.Cl. The molecule has 0 saturated carbocycles. The van der Waals surface area contributed by atoms with E-state index in [4.69, 9.17) is 9.47 Å². The molecule has 0 spiro atoms. The molecule has 3 aromatic rings. The second-order valence-corrected chi connectivity index (χ2v) is 6.42. The highest BCUT2D eigenvalue weighted by Crippen LogP contribution is 2.32. The average molecular weight is 399 g/mol. The van der Waals surface area contributed by atoms with Crippen molar-refractivity contribution in [3.8, 4) is 11.5 Å². The fourth-order valence-corrected chi connectivity index (χ4v) is 2.82. The van der Waals surface area contributed by atoms with Crippen molar-refractivity contribution in [1.29, 1.82) is 0 Å². The largest absolute Gasteiger partial charge is 0.490 e. The zero-order valence-electron chi connectivity index (χ0n) is 16.4. The van der Waals surface area contributed by atoms with Gasteiger partial charge in [0.15, 0.2) is 11.5 Å². The lowest BCUT2D eigenvalue weighted by atomic mass is 10.1. The van der Waals surface area contributed by atoms with E-state index in [1.54, 1.807) is 6.20 Å². The van der Waals surface area contributed by atoms with Gasteiger partial charge in [-0.1, -0.05) is 48.0 Å². The lowest BCUT2D eigenvalue weighted by Crippen LogP contribution is -2.14. The number of rotatable bonds is 9. The number of benzene rings is 2. The van der Waals surface area contributed by atoms with Crippen molar-refractivity contribution in [3.63, 3.8) is 0 Å². The molecule has 0 fully saturated rings. The second kappa shape index (κ2) is 11.3. The molecular weight excluding hydrogens is 372 g/mol. The first kappa shape index (κ1) is 21.7. The summed E-state index contributed by atoms with van der Waals surface area (Å²) in [6.45, 7) is 6.63. The van der Waals surface area contributed by atoms with Crippen molar-refractivity contribution in [1.82, 2.24) is 10.3 Å². The number of hydrogen-bond donors (Lipinski definition) is 1. The summed E-state index contributed by atoms with van der Waals surface area (Å²) in [6, 6.07) is 18.4. The zero-order valence-corrected chi connectivity index (χ0v) is 17.2. The van der Waals surface area contributed by atoms with Crippen molar-refractivity contribution < 1.29 is 9.47 Å². The Morgan fingerprint density at radius 1 is 0.893 bits per heavy atom. The predicted octanol–water partition coefficient (Wildman–Crippen LogP) is 5.08. The maximum absolute atomic E-state index is 6.17. The summed E-state index contributed by atoms with van der Waals surface area (Å²) in [5, 5.41) is 3.46. The van der Waals surface area contributed by atoms with Crippen molar-refractivity contribution in [3.05, 3.63) is 89.2 Å². The van der Waals surface area contributed by atoms with Gasteiger partial charge in [0.25, 0.3) is 0 Å². The molecule has 1 N–H and O–H groups in total. The molecule has 4 nitrogen and oxygen atoms in total. The van der Waals surface area contributed by atoms with Crippen LogP contribution in [0.4, 0.5) is 0 Å². The molecule has 0 saturated heterocycles. The molecule has 0 unspecified atom stereocenters. The molecule has 28 heavy (non-hydrogen) atoms. The van der Waals surface area contributed by atoms with Crippen LogP contribution in [0.25, 0.3) is 0 Å². The van der Waals surface area contributed by atoms with Gasteiger partial charge in [0, 0.05) is 31.0 Å². The second-order valence-electron chi connectivity index (χ2n) is 6.42. The summed E-state index contributed by atoms with van der Waals surface area (Å²) in [6.07, 6.45) is 3.66. The highest BCUT2D eigenvalue weighted by molar-refractivity contribution is 5.85. The number of pyridine rings is 1. The molecule has 148 valence electrons. The third kappa shape index (κ3) is 6.25. The minimum Gasteiger partial charge on any atom is -0.490 e. The Balaban J connectivity index is 0.00000280. The summed E-state index contributed by atoms with van der Waals surface area (Å²) in [7, 11) is 0. The third-order valence-electron chi connectivity index (χ3n) is 4.23. The number of para-hydroxylation sites is 1. The van der Waals surface area contributed by atoms with Crippen LogP contribution in [-0.2, 0) is 19.7 Å². The van der Waals surface area contributed by atoms with E-state index < -0.39 is 0 Å². The number of ether oxygens (including phenoxy) is 2. The van der Waals surface area contributed by atoms with E-state index in [0.717, 1.165) is 34.7 Å². The molecule has 0 aliphatic heterocycles.